The van der Waals surface area contributed by atoms with Gasteiger partial charge in [0.05, 0.1) is 40.7 Å². The van der Waals surface area contributed by atoms with E-state index in [4.69, 9.17) is 10.5 Å². The zero-order valence-electron chi connectivity index (χ0n) is 18.8. The maximum atomic E-state index is 15.4. The predicted molar refractivity (Wildman–Crippen MR) is 120 cm³/mol. The number of halogens is 5. The summed E-state index contributed by atoms with van der Waals surface area (Å²) in [7, 11) is -8.78. The summed E-state index contributed by atoms with van der Waals surface area (Å²) in [6, 6.07) is 1.65. The topological polar surface area (TPSA) is 122 Å². The number of sulfone groups is 1. The van der Waals surface area contributed by atoms with Gasteiger partial charge in [-0.1, -0.05) is 0 Å². The van der Waals surface area contributed by atoms with Gasteiger partial charge in [-0.3, -0.25) is 9.36 Å². The molecule has 2 aromatic rings. The van der Waals surface area contributed by atoms with E-state index in [-0.39, 0.29) is 30.1 Å². The molecule has 0 radical (unpaired) electrons. The first-order valence-electron chi connectivity index (χ1n) is 10.0. The highest BCUT2D eigenvalue weighted by Gasteiger charge is 2.59. The molecule has 1 heterocycles. The molecule has 0 spiro atoms. The summed E-state index contributed by atoms with van der Waals surface area (Å²) in [5.41, 5.74) is -1.82. The van der Waals surface area contributed by atoms with E-state index in [9.17, 15) is 30.9 Å². The lowest BCUT2D eigenvalue weighted by Crippen LogP contribution is -2.21. The highest BCUT2D eigenvalue weighted by Crippen LogP contribution is 2.69. The van der Waals surface area contributed by atoms with Gasteiger partial charge in [0.2, 0.25) is 5.91 Å². The first-order chi connectivity index (χ1) is 16.0. The summed E-state index contributed by atoms with van der Waals surface area (Å²) < 4.78 is 123. The second-order valence-corrected chi connectivity index (χ2v) is 12.6. The molecule has 2 N–H and O–H groups in total. The lowest BCUT2D eigenvalue weighted by atomic mass is 10.1. The molecule has 0 saturated heterocycles. The van der Waals surface area contributed by atoms with Gasteiger partial charge in [0.1, 0.15) is 15.6 Å². The molecule has 8 nitrogen and oxygen atoms in total. The predicted octanol–water partition coefficient (Wildman–Crippen LogP) is 5.15. The number of benzene rings is 1. The summed E-state index contributed by atoms with van der Waals surface area (Å²) >= 11 is -0.0507. The summed E-state index contributed by atoms with van der Waals surface area (Å²) in [6.07, 6.45) is -4.47. The third-order valence-electron chi connectivity index (χ3n) is 4.46. The van der Waals surface area contributed by atoms with Crippen molar-refractivity contribution in [2.75, 3.05) is 31.8 Å². The summed E-state index contributed by atoms with van der Waals surface area (Å²) in [5.74, 6) is -1.86. The third-order valence-corrected chi connectivity index (χ3v) is 9.03. The Hall–Kier alpha value is -1.80. The first kappa shape index (κ1) is 29.4. The number of alkyl halides is 5. The normalized spacial score (nSPS) is 13.4. The number of carbonyl (C=O) groups excluding carboxylic acids is 1. The van der Waals surface area contributed by atoms with Crippen LogP contribution in [0.3, 0.4) is 0 Å². The van der Waals surface area contributed by atoms with Crippen LogP contribution in [0.1, 0.15) is 41.1 Å². The van der Waals surface area contributed by atoms with Gasteiger partial charge in [0.25, 0.3) is 0 Å². The third kappa shape index (κ3) is 6.50. The molecule has 1 amide bonds. The molecule has 35 heavy (non-hydrogen) atoms. The van der Waals surface area contributed by atoms with E-state index in [1.165, 1.54) is 13.8 Å². The number of fused-ring (bicyclic) bond motifs is 1. The van der Waals surface area contributed by atoms with Crippen LogP contribution < -0.4 is 10.5 Å². The Bertz CT molecular complexity index is 1230. The fraction of sp³-hybridized carbons (Fsp3) is 0.526. The molecule has 0 aliphatic heterocycles. The van der Waals surface area contributed by atoms with E-state index in [0.29, 0.717) is 6.07 Å². The van der Waals surface area contributed by atoms with Crippen LogP contribution in [0, 0.1) is 0 Å². The number of nitrogens with two attached hydrogens (primary N) is 1. The van der Waals surface area contributed by atoms with Crippen LogP contribution in [0.4, 0.5) is 22.0 Å². The highest BCUT2D eigenvalue weighted by atomic mass is 32.2. The van der Waals surface area contributed by atoms with Crippen molar-refractivity contribution in [1.29, 1.82) is 0 Å². The summed E-state index contributed by atoms with van der Waals surface area (Å²) in [5, 5.41) is -0.828. The van der Waals surface area contributed by atoms with Gasteiger partial charge in [-0.15, -0.1) is 11.3 Å². The fourth-order valence-electron chi connectivity index (χ4n) is 3.08. The van der Waals surface area contributed by atoms with Gasteiger partial charge >= 0.3 is 19.4 Å². The smallest absolute Gasteiger partial charge is 0.418 e. The Kier molecular flexibility index (Phi) is 8.97. The molecule has 0 atom stereocenters. The molecule has 16 heteroatoms. The van der Waals surface area contributed by atoms with Crippen molar-refractivity contribution in [3.63, 3.8) is 0 Å². The van der Waals surface area contributed by atoms with Crippen LogP contribution >= 0.6 is 18.9 Å². The molecule has 0 aliphatic rings. The van der Waals surface area contributed by atoms with Gasteiger partial charge in [0.15, 0.2) is 0 Å². The first-order valence-corrected chi connectivity index (χ1v) is 14.5. The van der Waals surface area contributed by atoms with E-state index < -0.39 is 80.2 Å². The number of primary amides is 1. The van der Waals surface area contributed by atoms with E-state index in [2.05, 4.69) is 9.05 Å². The zero-order valence-corrected chi connectivity index (χ0v) is 21.3. The minimum atomic E-state index is -5.41. The quantitative estimate of drug-likeness (QED) is 0.214. The maximum absolute atomic E-state index is 15.4. The van der Waals surface area contributed by atoms with E-state index >= 15 is 8.78 Å². The van der Waals surface area contributed by atoms with Gasteiger partial charge in [0, 0.05) is 17.2 Å². The Morgan fingerprint density at radius 3 is 2.14 bits per heavy atom. The van der Waals surface area contributed by atoms with Gasteiger partial charge in [-0.05, 0) is 32.4 Å². The molecule has 0 saturated carbocycles. The Morgan fingerprint density at radius 2 is 1.69 bits per heavy atom. The monoisotopic (exact) mass is 567 g/mol. The Balaban J connectivity index is 2.80. The molecule has 0 fully saturated rings. The van der Waals surface area contributed by atoms with Crippen molar-refractivity contribution in [2.45, 2.75) is 32.1 Å². The fourth-order valence-corrected chi connectivity index (χ4v) is 6.78. The molecule has 0 unspecified atom stereocenters. The van der Waals surface area contributed by atoms with Crippen molar-refractivity contribution < 1.29 is 53.5 Å². The maximum Gasteiger partial charge on any atom is 0.418 e. The average Bonchev–Trinajstić information content (AvgIpc) is 3.11. The minimum absolute atomic E-state index is 0.0507. The van der Waals surface area contributed by atoms with Crippen molar-refractivity contribution in [2.24, 2.45) is 5.73 Å². The second-order valence-electron chi connectivity index (χ2n) is 7.23. The van der Waals surface area contributed by atoms with Crippen LogP contribution in [0.15, 0.2) is 12.1 Å². The number of rotatable bonds is 12. The largest absolute Gasteiger partial charge is 0.492 e. The van der Waals surface area contributed by atoms with E-state index in [0.717, 1.165) is 12.3 Å². The lowest BCUT2D eigenvalue weighted by Gasteiger charge is -2.26. The van der Waals surface area contributed by atoms with Crippen LogP contribution in [0.5, 0.6) is 5.75 Å². The Labute approximate surface area is 202 Å². The van der Waals surface area contributed by atoms with Crippen LogP contribution in [-0.4, -0.2) is 46.2 Å². The van der Waals surface area contributed by atoms with Gasteiger partial charge in [-0.2, -0.15) is 22.0 Å². The molecule has 0 aliphatic carbocycles. The summed E-state index contributed by atoms with van der Waals surface area (Å²) in [4.78, 5) is 10.1. The second kappa shape index (κ2) is 10.7. The van der Waals surface area contributed by atoms with Crippen molar-refractivity contribution in [3.05, 3.63) is 28.1 Å². The van der Waals surface area contributed by atoms with Gasteiger partial charge in [-0.25, -0.2) is 8.42 Å². The highest BCUT2D eigenvalue weighted by molar-refractivity contribution is 7.90. The van der Waals surface area contributed by atoms with Crippen LogP contribution in [0.25, 0.3) is 10.1 Å². The molecule has 1 aromatic carbocycles. The molecular formula is C19H23F5NO7PS2. The molecular weight excluding hydrogens is 544 g/mol. The number of ether oxygens (including phenoxy) is 1. The SMILES string of the molecule is CCOP(=O)(OCC)C(F)(F)c1sc2c(OCCCS(C)(=O)=O)cc(C(N)=O)cc2c1C(F)(F)F. The molecule has 0 bridgehead atoms. The molecule has 198 valence electrons. The molecule has 1 aromatic heterocycles. The van der Waals surface area contributed by atoms with E-state index in [1.807, 2.05) is 0 Å². The number of carbonyl (C=O) groups is 1. The average molecular weight is 567 g/mol. The molecule has 2 rings (SSSR count). The van der Waals surface area contributed by atoms with Crippen molar-refractivity contribution in [3.8, 4) is 5.75 Å². The standard InChI is InChI=1S/C19H23F5NO7PS2/c1-4-31-33(27,32-5-2)19(23,24)16-14(18(20,21)22)12-9-11(17(25)26)10-13(15(12)34-16)30-7-6-8-35(3,28)29/h9-10H,4-8H2,1-3H3,(H2,25,26). The number of amides is 1. The minimum Gasteiger partial charge on any atom is -0.492 e. The van der Waals surface area contributed by atoms with Crippen molar-refractivity contribution >= 4 is 44.8 Å². The van der Waals surface area contributed by atoms with Gasteiger partial charge < -0.3 is 19.5 Å². The van der Waals surface area contributed by atoms with Crippen molar-refractivity contribution in [1.82, 2.24) is 0 Å². The number of hydrogen-bond donors (Lipinski definition) is 1. The number of thiophene rings is 1. The number of hydrogen-bond acceptors (Lipinski definition) is 8. The van der Waals surface area contributed by atoms with Crippen LogP contribution in [-0.2, 0) is 35.3 Å². The van der Waals surface area contributed by atoms with E-state index in [1.54, 1.807) is 0 Å². The van der Waals surface area contributed by atoms with Crippen LogP contribution in [0.2, 0.25) is 0 Å². The Morgan fingerprint density at radius 1 is 1.11 bits per heavy atom. The lowest BCUT2D eigenvalue weighted by molar-refractivity contribution is -0.138. The summed E-state index contributed by atoms with van der Waals surface area (Å²) in [6.45, 7) is 1.07. The zero-order chi connectivity index (χ0) is 26.8.